The van der Waals surface area contributed by atoms with Crippen LogP contribution in [0.1, 0.15) is 16.1 Å². The average molecular weight is 333 g/mol. The number of nitrogens with zero attached hydrogens (tertiary/aromatic N) is 6. The molecular weight excluding hydrogens is 314 g/mol. The summed E-state index contributed by atoms with van der Waals surface area (Å²) in [5.41, 5.74) is 6.74. The van der Waals surface area contributed by atoms with Crippen molar-refractivity contribution in [2.45, 2.75) is 6.92 Å². The predicted octanol–water partition coefficient (Wildman–Crippen LogP) is 1.39. The van der Waals surface area contributed by atoms with Gasteiger partial charge in [-0.3, -0.25) is 0 Å². The van der Waals surface area contributed by atoms with Crippen LogP contribution < -0.4 is 16.4 Å². The molecule has 128 valence electrons. The number of aromatic nitrogens is 4. The number of hydrogen-bond acceptors (Lipinski definition) is 10. The van der Waals surface area contributed by atoms with E-state index in [1.165, 1.54) is 11.8 Å². The van der Waals surface area contributed by atoms with E-state index in [0.29, 0.717) is 23.0 Å². The fourth-order valence-corrected chi connectivity index (χ4v) is 2.11. The lowest BCUT2D eigenvalue weighted by molar-refractivity contribution is 0.0601. The average Bonchev–Trinajstić information content (AvgIpc) is 2.85. The summed E-state index contributed by atoms with van der Waals surface area (Å²) in [5, 5.41) is 18.2. The molecule has 0 aliphatic heterocycles. The van der Waals surface area contributed by atoms with Gasteiger partial charge in [0.2, 0.25) is 5.95 Å². The Labute approximate surface area is 138 Å². The quantitative estimate of drug-likeness (QED) is 0.549. The van der Waals surface area contributed by atoms with E-state index in [1.54, 1.807) is 28.1 Å². The molecule has 0 aromatic carbocycles. The van der Waals surface area contributed by atoms with E-state index in [-0.39, 0.29) is 17.3 Å². The molecule has 0 spiro atoms. The fourth-order valence-electron chi connectivity index (χ4n) is 2.11. The van der Waals surface area contributed by atoms with Crippen molar-refractivity contribution in [3.8, 4) is 0 Å². The number of nitrogens with one attached hydrogen (secondary N) is 2. The molecule has 24 heavy (non-hydrogen) atoms. The largest absolute Gasteiger partial charge is 0.465 e. The second-order valence-electron chi connectivity index (χ2n) is 4.73. The van der Waals surface area contributed by atoms with E-state index in [9.17, 15) is 4.79 Å². The highest BCUT2D eigenvalue weighted by Gasteiger charge is 2.21. The third-order valence-electron chi connectivity index (χ3n) is 3.20. The molecule has 0 amide bonds. The molecule has 11 nitrogen and oxygen atoms in total. The maximum atomic E-state index is 11.9. The summed E-state index contributed by atoms with van der Waals surface area (Å²) in [5.74, 6) is 0.614. The maximum Gasteiger partial charge on any atom is 0.343 e. The lowest BCUT2D eigenvalue weighted by atomic mass is 10.2. The van der Waals surface area contributed by atoms with Gasteiger partial charge in [-0.1, -0.05) is 0 Å². The van der Waals surface area contributed by atoms with Crippen LogP contribution >= 0.6 is 0 Å². The molecule has 2 aromatic rings. The van der Waals surface area contributed by atoms with E-state index in [4.69, 9.17) is 10.5 Å². The van der Waals surface area contributed by atoms with E-state index in [1.807, 2.05) is 0 Å². The number of nitrogens with two attached hydrogens (primary N) is 1. The number of esters is 1. The number of hydrogen-bond donors (Lipinski definition) is 3. The Morgan fingerprint density at radius 1 is 1.21 bits per heavy atom. The third kappa shape index (κ3) is 3.09. The predicted molar refractivity (Wildman–Crippen MR) is 89.0 cm³/mol. The molecule has 2 rings (SSSR count). The van der Waals surface area contributed by atoms with Gasteiger partial charge in [-0.15, -0.1) is 10.2 Å². The minimum atomic E-state index is -0.536. The molecule has 0 saturated carbocycles. The van der Waals surface area contributed by atoms with Gasteiger partial charge in [0, 0.05) is 21.1 Å². The molecule has 0 aliphatic rings. The van der Waals surface area contributed by atoms with E-state index in [0.717, 1.165) is 0 Å². The SMILES string of the molecule is CNc1nc(N)nc(NC)c1N=Nc1c(C(=O)OC)c(C)nn1C. The molecule has 0 saturated heterocycles. The van der Waals surface area contributed by atoms with Gasteiger partial charge in [-0.05, 0) is 6.92 Å². The number of anilines is 3. The van der Waals surface area contributed by atoms with Crippen LogP contribution in [0.3, 0.4) is 0 Å². The van der Waals surface area contributed by atoms with Crippen LogP contribution in [0.2, 0.25) is 0 Å². The fraction of sp³-hybridized carbons (Fsp3) is 0.385. The lowest BCUT2D eigenvalue weighted by Crippen LogP contribution is -2.04. The summed E-state index contributed by atoms with van der Waals surface area (Å²) in [6.45, 7) is 1.69. The highest BCUT2D eigenvalue weighted by molar-refractivity contribution is 5.95. The molecule has 2 aromatic heterocycles. The third-order valence-corrected chi connectivity index (χ3v) is 3.20. The first-order valence-electron chi connectivity index (χ1n) is 6.99. The second kappa shape index (κ2) is 6.89. The number of aryl methyl sites for hydroxylation is 2. The van der Waals surface area contributed by atoms with Crippen molar-refractivity contribution in [2.24, 2.45) is 17.3 Å². The zero-order valence-electron chi connectivity index (χ0n) is 14.1. The van der Waals surface area contributed by atoms with Gasteiger partial charge >= 0.3 is 5.97 Å². The molecule has 0 bridgehead atoms. The maximum absolute atomic E-state index is 11.9. The number of carbonyl (C=O) groups is 1. The number of nitrogen functional groups attached to an aromatic ring is 1. The standard InChI is InChI=1S/C13H19N9O2/c1-6-7(12(23)24-5)11(22(4)21-6)20-19-8-9(15-2)17-13(14)18-10(8)16-3/h1-5H3,(H4,14,15,16,17,18). The van der Waals surface area contributed by atoms with Crippen LogP contribution in [0, 0.1) is 6.92 Å². The normalized spacial score (nSPS) is 10.9. The Morgan fingerprint density at radius 3 is 2.29 bits per heavy atom. The molecular formula is C13H19N9O2. The first-order valence-corrected chi connectivity index (χ1v) is 6.99. The second-order valence-corrected chi connectivity index (χ2v) is 4.73. The van der Waals surface area contributed by atoms with Gasteiger partial charge in [0.25, 0.3) is 0 Å². The topological polar surface area (TPSA) is 145 Å². The molecule has 0 unspecified atom stereocenters. The molecule has 2 heterocycles. The van der Waals surface area contributed by atoms with Crippen LogP contribution in [0.4, 0.5) is 29.1 Å². The Morgan fingerprint density at radius 2 is 1.79 bits per heavy atom. The van der Waals surface area contributed by atoms with Crippen molar-refractivity contribution in [2.75, 3.05) is 37.6 Å². The van der Waals surface area contributed by atoms with Crippen LogP contribution in [0.15, 0.2) is 10.2 Å². The molecule has 11 heteroatoms. The molecule has 0 fully saturated rings. The van der Waals surface area contributed by atoms with Crippen LogP contribution in [-0.4, -0.2) is 46.9 Å². The molecule has 4 N–H and O–H groups in total. The van der Waals surface area contributed by atoms with Gasteiger partial charge in [0.15, 0.2) is 23.1 Å². The number of carbonyl (C=O) groups excluding carboxylic acids is 1. The van der Waals surface area contributed by atoms with Crippen LogP contribution in [0.25, 0.3) is 0 Å². The highest BCUT2D eigenvalue weighted by atomic mass is 16.5. The zero-order chi connectivity index (χ0) is 17.9. The van der Waals surface area contributed by atoms with Crippen molar-refractivity contribution < 1.29 is 9.53 Å². The van der Waals surface area contributed by atoms with E-state index in [2.05, 4.69) is 35.9 Å². The van der Waals surface area contributed by atoms with Gasteiger partial charge in [0.1, 0.15) is 5.56 Å². The van der Waals surface area contributed by atoms with Crippen LogP contribution in [-0.2, 0) is 11.8 Å². The Balaban J connectivity index is 2.55. The van der Waals surface area contributed by atoms with Gasteiger partial charge in [-0.2, -0.15) is 15.1 Å². The highest BCUT2D eigenvalue weighted by Crippen LogP contribution is 2.33. The summed E-state index contributed by atoms with van der Waals surface area (Å²) in [6, 6.07) is 0. The molecule has 0 radical (unpaired) electrons. The summed E-state index contributed by atoms with van der Waals surface area (Å²) in [7, 11) is 6.30. The van der Waals surface area contributed by atoms with Gasteiger partial charge in [-0.25, -0.2) is 9.48 Å². The van der Waals surface area contributed by atoms with Crippen molar-refractivity contribution in [3.63, 3.8) is 0 Å². The van der Waals surface area contributed by atoms with Crippen LogP contribution in [0.5, 0.6) is 0 Å². The Kier molecular flexibility index (Phi) is 4.92. The Bertz CT molecular complexity index is 772. The van der Waals surface area contributed by atoms with Gasteiger partial charge < -0.3 is 21.1 Å². The zero-order valence-corrected chi connectivity index (χ0v) is 14.1. The number of methoxy groups -OCH3 is 1. The van der Waals surface area contributed by atoms with E-state index < -0.39 is 5.97 Å². The molecule has 0 atom stereocenters. The monoisotopic (exact) mass is 333 g/mol. The first-order chi connectivity index (χ1) is 11.4. The first kappa shape index (κ1) is 17.1. The number of ether oxygens (including phenoxy) is 1. The smallest absolute Gasteiger partial charge is 0.343 e. The minimum absolute atomic E-state index is 0.0919. The lowest BCUT2D eigenvalue weighted by Gasteiger charge is -2.09. The minimum Gasteiger partial charge on any atom is -0.465 e. The molecule has 0 aliphatic carbocycles. The number of azo groups is 1. The van der Waals surface area contributed by atoms with Gasteiger partial charge in [0.05, 0.1) is 12.8 Å². The van der Waals surface area contributed by atoms with Crippen molar-refractivity contribution in [1.29, 1.82) is 0 Å². The summed E-state index contributed by atoms with van der Waals surface area (Å²) < 4.78 is 6.21. The van der Waals surface area contributed by atoms with E-state index >= 15 is 0 Å². The van der Waals surface area contributed by atoms with Crippen molar-refractivity contribution in [1.82, 2.24) is 19.7 Å². The number of rotatable bonds is 5. The van der Waals surface area contributed by atoms with Crippen molar-refractivity contribution in [3.05, 3.63) is 11.3 Å². The summed E-state index contributed by atoms with van der Waals surface area (Å²) >= 11 is 0. The Hall–Kier alpha value is -3.24. The summed E-state index contributed by atoms with van der Waals surface area (Å²) in [6.07, 6.45) is 0. The summed E-state index contributed by atoms with van der Waals surface area (Å²) in [4.78, 5) is 20.1. The van der Waals surface area contributed by atoms with Crippen molar-refractivity contribution >= 4 is 35.1 Å².